The third-order valence-corrected chi connectivity index (χ3v) is 3.07. The van der Waals surface area contributed by atoms with Crippen LogP contribution in [0.4, 0.5) is 0 Å². The number of carboxylic acid groups (broad SMARTS) is 1. The Bertz CT molecular complexity index is 499. The van der Waals surface area contributed by atoms with Crippen LogP contribution < -0.4 is 0 Å². The molecule has 0 saturated carbocycles. The van der Waals surface area contributed by atoms with E-state index in [4.69, 9.17) is 5.11 Å². The maximum absolute atomic E-state index is 12.1. The molecule has 19 heavy (non-hydrogen) atoms. The number of β-amino-alcohol motifs (C(OH)–C–C–N with tert-alkyl or cyclic N) is 1. The summed E-state index contributed by atoms with van der Waals surface area (Å²) in [7, 11) is 0. The van der Waals surface area contributed by atoms with Gasteiger partial charge in [-0.15, -0.1) is 5.10 Å². The highest BCUT2D eigenvalue weighted by atomic mass is 16.4. The Morgan fingerprint density at radius 2 is 2.16 bits per heavy atom. The average molecular weight is 268 g/mol. The Balaban J connectivity index is 2.20. The van der Waals surface area contributed by atoms with E-state index in [1.807, 2.05) is 13.8 Å². The fourth-order valence-electron chi connectivity index (χ4n) is 2.03. The SMILES string of the molecule is CC(C)c1nc(C(=O)N2C[C@H](O)C[C@H]2C(=O)O)n[nH]1. The molecule has 1 aliphatic heterocycles. The van der Waals surface area contributed by atoms with Crippen LogP contribution in [-0.4, -0.2) is 60.9 Å². The number of nitrogens with zero attached hydrogens (tertiary/aromatic N) is 3. The number of nitrogens with one attached hydrogen (secondary N) is 1. The van der Waals surface area contributed by atoms with Crippen LogP contribution in [-0.2, 0) is 4.79 Å². The van der Waals surface area contributed by atoms with Crippen molar-refractivity contribution in [1.82, 2.24) is 20.1 Å². The molecule has 2 atom stereocenters. The van der Waals surface area contributed by atoms with Gasteiger partial charge in [0.25, 0.3) is 5.91 Å². The van der Waals surface area contributed by atoms with Crippen molar-refractivity contribution in [3.63, 3.8) is 0 Å². The van der Waals surface area contributed by atoms with Crippen LogP contribution in [0.25, 0.3) is 0 Å². The van der Waals surface area contributed by atoms with Gasteiger partial charge in [0.1, 0.15) is 11.9 Å². The monoisotopic (exact) mass is 268 g/mol. The molecule has 0 aliphatic carbocycles. The van der Waals surface area contributed by atoms with E-state index in [0.717, 1.165) is 4.90 Å². The van der Waals surface area contributed by atoms with Gasteiger partial charge in [-0.1, -0.05) is 13.8 Å². The summed E-state index contributed by atoms with van der Waals surface area (Å²) in [5.41, 5.74) is 0. The number of aliphatic carboxylic acids is 1. The molecular weight excluding hydrogens is 252 g/mol. The maximum Gasteiger partial charge on any atom is 0.326 e. The van der Waals surface area contributed by atoms with Gasteiger partial charge in [-0.05, 0) is 0 Å². The number of aliphatic hydroxyl groups is 1. The van der Waals surface area contributed by atoms with E-state index in [1.54, 1.807) is 0 Å². The highest BCUT2D eigenvalue weighted by Crippen LogP contribution is 2.20. The zero-order chi connectivity index (χ0) is 14.2. The van der Waals surface area contributed by atoms with Crippen molar-refractivity contribution in [2.75, 3.05) is 6.54 Å². The molecule has 1 saturated heterocycles. The van der Waals surface area contributed by atoms with Gasteiger partial charge >= 0.3 is 5.97 Å². The maximum atomic E-state index is 12.1. The van der Waals surface area contributed by atoms with Crippen molar-refractivity contribution in [3.05, 3.63) is 11.6 Å². The topological polar surface area (TPSA) is 119 Å². The number of aliphatic hydroxyl groups excluding tert-OH is 1. The highest BCUT2D eigenvalue weighted by Gasteiger charge is 2.40. The molecule has 0 unspecified atom stereocenters. The molecule has 1 aromatic heterocycles. The zero-order valence-electron chi connectivity index (χ0n) is 10.7. The number of aromatic nitrogens is 3. The number of hydrogen-bond acceptors (Lipinski definition) is 5. The number of carbonyl (C=O) groups excluding carboxylic acids is 1. The van der Waals surface area contributed by atoms with Gasteiger partial charge in [-0.2, -0.15) is 0 Å². The molecule has 8 heteroatoms. The van der Waals surface area contributed by atoms with E-state index in [-0.39, 0.29) is 24.7 Å². The van der Waals surface area contributed by atoms with Gasteiger partial charge in [0.15, 0.2) is 0 Å². The minimum atomic E-state index is -1.13. The summed E-state index contributed by atoms with van der Waals surface area (Å²) in [4.78, 5) is 28.3. The molecule has 8 nitrogen and oxygen atoms in total. The molecule has 1 fully saturated rings. The van der Waals surface area contributed by atoms with Crippen molar-refractivity contribution in [3.8, 4) is 0 Å². The second-order valence-corrected chi connectivity index (χ2v) is 4.90. The quantitative estimate of drug-likeness (QED) is 0.685. The smallest absolute Gasteiger partial charge is 0.326 e. The number of rotatable bonds is 3. The van der Waals surface area contributed by atoms with E-state index < -0.39 is 24.0 Å². The Morgan fingerprint density at radius 3 is 2.68 bits per heavy atom. The number of hydrogen-bond donors (Lipinski definition) is 3. The third kappa shape index (κ3) is 2.58. The van der Waals surface area contributed by atoms with Gasteiger partial charge in [0.05, 0.1) is 6.10 Å². The number of aromatic amines is 1. The zero-order valence-corrected chi connectivity index (χ0v) is 10.7. The second-order valence-electron chi connectivity index (χ2n) is 4.90. The van der Waals surface area contributed by atoms with Crippen molar-refractivity contribution in [2.45, 2.75) is 38.3 Å². The van der Waals surface area contributed by atoms with Gasteiger partial charge in [-0.25, -0.2) is 9.78 Å². The molecule has 2 rings (SSSR count). The van der Waals surface area contributed by atoms with Crippen LogP contribution in [0.15, 0.2) is 0 Å². The molecule has 0 aromatic carbocycles. The fraction of sp³-hybridized carbons (Fsp3) is 0.636. The predicted octanol–water partition coefficient (Wildman–Crippen LogP) is -0.412. The lowest BCUT2D eigenvalue weighted by atomic mass is 10.2. The Morgan fingerprint density at radius 1 is 1.47 bits per heavy atom. The van der Waals surface area contributed by atoms with E-state index in [1.165, 1.54) is 0 Å². The van der Waals surface area contributed by atoms with Crippen LogP contribution in [0.3, 0.4) is 0 Å². The summed E-state index contributed by atoms with van der Waals surface area (Å²) in [6, 6.07) is -1.02. The molecule has 104 valence electrons. The summed E-state index contributed by atoms with van der Waals surface area (Å²) in [6.45, 7) is 3.78. The lowest BCUT2D eigenvalue weighted by Gasteiger charge is -2.19. The minimum absolute atomic E-state index is 0.0125. The molecule has 0 radical (unpaired) electrons. The number of carboxylic acids is 1. The van der Waals surface area contributed by atoms with Gasteiger partial charge < -0.3 is 15.1 Å². The molecule has 1 aliphatic rings. The predicted molar refractivity (Wildman–Crippen MR) is 63.6 cm³/mol. The minimum Gasteiger partial charge on any atom is -0.480 e. The Kier molecular flexibility index (Phi) is 3.52. The highest BCUT2D eigenvalue weighted by molar-refractivity contribution is 5.94. The number of H-pyrrole nitrogens is 1. The lowest BCUT2D eigenvalue weighted by Crippen LogP contribution is -2.41. The fourth-order valence-corrected chi connectivity index (χ4v) is 2.03. The standard InChI is InChI=1S/C11H16N4O4/c1-5(2)8-12-9(14-13-8)10(17)15-4-6(16)3-7(15)11(18)19/h5-7,16H,3-4H2,1-2H3,(H,18,19)(H,12,13,14)/t6-,7+/m1/s1. The first-order valence-corrected chi connectivity index (χ1v) is 6.04. The summed E-state index contributed by atoms with van der Waals surface area (Å²) in [5.74, 6) is -1.12. The van der Waals surface area contributed by atoms with Gasteiger partial charge in [-0.3, -0.25) is 9.89 Å². The molecule has 1 aromatic rings. The first kappa shape index (κ1) is 13.5. The molecule has 0 spiro atoms. The summed E-state index contributed by atoms with van der Waals surface area (Å²) in [5, 5.41) is 25.0. The van der Waals surface area contributed by atoms with E-state index in [9.17, 15) is 14.7 Å². The Hall–Kier alpha value is -1.96. The van der Waals surface area contributed by atoms with E-state index in [2.05, 4.69) is 15.2 Å². The third-order valence-electron chi connectivity index (χ3n) is 3.07. The Labute approximate surface area is 109 Å². The second kappa shape index (κ2) is 4.96. The van der Waals surface area contributed by atoms with Crippen molar-refractivity contribution in [2.24, 2.45) is 0 Å². The van der Waals surface area contributed by atoms with Crippen LogP contribution in [0.2, 0.25) is 0 Å². The largest absolute Gasteiger partial charge is 0.480 e. The van der Waals surface area contributed by atoms with E-state index in [0.29, 0.717) is 5.82 Å². The molecular formula is C11H16N4O4. The first-order valence-electron chi connectivity index (χ1n) is 6.04. The van der Waals surface area contributed by atoms with Crippen LogP contribution in [0, 0.1) is 0 Å². The molecule has 1 amide bonds. The average Bonchev–Trinajstić information content (AvgIpc) is 2.94. The van der Waals surface area contributed by atoms with Crippen LogP contribution in [0.1, 0.15) is 42.6 Å². The number of carbonyl (C=O) groups is 2. The summed E-state index contributed by atoms with van der Waals surface area (Å²) >= 11 is 0. The first-order chi connectivity index (χ1) is 8.90. The number of likely N-dealkylation sites (tertiary alicyclic amines) is 1. The molecule has 3 N–H and O–H groups in total. The lowest BCUT2D eigenvalue weighted by molar-refractivity contribution is -0.141. The van der Waals surface area contributed by atoms with Crippen LogP contribution in [0.5, 0.6) is 0 Å². The molecule has 0 bridgehead atoms. The molecule has 2 heterocycles. The van der Waals surface area contributed by atoms with Crippen molar-refractivity contribution in [1.29, 1.82) is 0 Å². The van der Waals surface area contributed by atoms with Crippen LogP contribution >= 0.6 is 0 Å². The summed E-state index contributed by atoms with van der Waals surface area (Å²) < 4.78 is 0. The van der Waals surface area contributed by atoms with Crippen molar-refractivity contribution < 1.29 is 19.8 Å². The van der Waals surface area contributed by atoms with E-state index >= 15 is 0 Å². The van der Waals surface area contributed by atoms with Gasteiger partial charge in [0.2, 0.25) is 5.82 Å². The summed E-state index contributed by atoms with van der Waals surface area (Å²) in [6.07, 6.45) is -0.795. The normalized spacial score (nSPS) is 23.1. The van der Waals surface area contributed by atoms with Gasteiger partial charge in [0, 0.05) is 18.9 Å². The number of amides is 1. The van der Waals surface area contributed by atoms with Crippen molar-refractivity contribution >= 4 is 11.9 Å².